The van der Waals surface area contributed by atoms with Crippen LogP contribution < -0.4 is 10.6 Å². The van der Waals surface area contributed by atoms with E-state index >= 15 is 0 Å². The molecule has 0 saturated heterocycles. The molecule has 0 unspecified atom stereocenters. The maximum absolute atomic E-state index is 13.4. The highest BCUT2D eigenvalue weighted by atomic mass is 19.4. The summed E-state index contributed by atoms with van der Waals surface area (Å²) in [5.41, 5.74) is -1.48. The average Bonchev–Trinajstić information content (AvgIpc) is 3.19. The number of aromatic nitrogens is 2. The van der Waals surface area contributed by atoms with Crippen LogP contribution in [0, 0.1) is 18.2 Å². The second-order valence-electron chi connectivity index (χ2n) is 6.64. The van der Waals surface area contributed by atoms with Crippen molar-refractivity contribution in [3.63, 3.8) is 0 Å². The Bertz CT molecular complexity index is 811. The first kappa shape index (κ1) is 18.2. The predicted octanol–water partition coefficient (Wildman–Crippen LogP) is 3.95. The molecule has 0 atom stereocenters. The van der Waals surface area contributed by atoms with Gasteiger partial charge in [0.05, 0.1) is 5.56 Å². The summed E-state index contributed by atoms with van der Waals surface area (Å²) in [6.45, 7) is 2.97. The lowest BCUT2D eigenvalue weighted by molar-refractivity contribution is -0.137. The lowest BCUT2D eigenvalue weighted by Crippen LogP contribution is -2.35. The molecule has 5 nitrogen and oxygen atoms in total. The fourth-order valence-electron chi connectivity index (χ4n) is 2.77. The van der Waals surface area contributed by atoms with Gasteiger partial charge in [-0.15, -0.1) is 0 Å². The van der Waals surface area contributed by atoms with Crippen LogP contribution in [0.15, 0.2) is 30.6 Å². The quantitative estimate of drug-likeness (QED) is 0.783. The largest absolute Gasteiger partial charge is 0.416 e. The molecule has 0 aliphatic heterocycles. The highest BCUT2D eigenvalue weighted by Gasteiger charge is 2.43. The van der Waals surface area contributed by atoms with Gasteiger partial charge < -0.3 is 15.2 Å². The first-order valence-electron chi connectivity index (χ1n) is 8.07. The molecule has 1 aliphatic rings. The summed E-state index contributed by atoms with van der Waals surface area (Å²) >= 11 is 0. The third kappa shape index (κ3) is 4.33. The molecule has 0 radical (unpaired) electrons. The number of aryl methyl sites for hydroxylation is 1. The lowest BCUT2D eigenvalue weighted by Gasteiger charge is -2.18. The third-order valence-electron chi connectivity index (χ3n) is 4.49. The molecule has 2 amide bonds. The van der Waals surface area contributed by atoms with Crippen molar-refractivity contribution in [2.75, 3.05) is 11.9 Å². The second kappa shape index (κ2) is 6.62. The molecule has 2 N–H and O–H groups in total. The van der Waals surface area contributed by atoms with E-state index in [1.807, 2.05) is 17.7 Å². The predicted molar refractivity (Wildman–Crippen MR) is 87.1 cm³/mol. The monoisotopic (exact) mass is 370 g/mol. The molecule has 0 bridgehead atoms. The van der Waals surface area contributed by atoms with Crippen LogP contribution in [0.4, 0.5) is 28.0 Å². The number of nitrogens with one attached hydrogen (secondary N) is 2. The molecular weight excluding hydrogens is 352 g/mol. The van der Waals surface area contributed by atoms with Crippen molar-refractivity contribution in [2.24, 2.45) is 5.41 Å². The Morgan fingerprint density at radius 2 is 2.04 bits per heavy atom. The molecule has 1 fully saturated rings. The number of hydrogen-bond acceptors (Lipinski definition) is 2. The summed E-state index contributed by atoms with van der Waals surface area (Å²) in [6, 6.07) is 1.26. The van der Waals surface area contributed by atoms with Crippen molar-refractivity contribution in [3.05, 3.63) is 47.8 Å². The van der Waals surface area contributed by atoms with Crippen molar-refractivity contribution in [1.82, 2.24) is 14.9 Å². The number of anilines is 1. The highest BCUT2D eigenvalue weighted by molar-refractivity contribution is 5.89. The Morgan fingerprint density at radius 1 is 1.31 bits per heavy atom. The molecule has 1 aliphatic carbocycles. The zero-order valence-electron chi connectivity index (χ0n) is 14.0. The zero-order chi connectivity index (χ0) is 18.9. The van der Waals surface area contributed by atoms with Gasteiger partial charge in [-0.1, -0.05) is 0 Å². The summed E-state index contributed by atoms with van der Waals surface area (Å²) in [5, 5.41) is 4.91. The zero-order valence-corrected chi connectivity index (χ0v) is 14.0. The van der Waals surface area contributed by atoms with Gasteiger partial charge in [0, 0.05) is 36.6 Å². The summed E-state index contributed by atoms with van der Waals surface area (Å²) in [7, 11) is 0. The molecule has 140 valence electrons. The first-order valence-corrected chi connectivity index (χ1v) is 8.07. The number of imidazole rings is 1. The third-order valence-corrected chi connectivity index (χ3v) is 4.49. The lowest BCUT2D eigenvalue weighted by atomic mass is 10.1. The van der Waals surface area contributed by atoms with Crippen LogP contribution >= 0.6 is 0 Å². The van der Waals surface area contributed by atoms with Crippen LogP contribution in [0.5, 0.6) is 0 Å². The molecular formula is C17H18F4N4O. The van der Waals surface area contributed by atoms with E-state index in [9.17, 15) is 22.4 Å². The number of alkyl halides is 3. The molecule has 1 aromatic carbocycles. The van der Waals surface area contributed by atoms with Crippen LogP contribution in [0.25, 0.3) is 0 Å². The number of carbonyl (C=O) groups excluding carboxylic acids is 1. The van der Waals surface area contributed by atoms with Crippen molar-refractivity contribution >= 4 is 11.7 Å². The number of hydrogen-bond donors (Lipinski definition) is 2. The van der Waals surface area contributed by atoms with Crippen molar-refractivity contribution in [3.8, 4) is 0 Å². The summed E-state index contributed by atoms with van der Waals surface area (Å²) < 4.78 is 53.5. The van der Waals surface area contributed by atoms with Crippen molar-refractivity contribution < 1.29 is 22.4 Å². The van der Waals surface area contributed by atoms with Gasteiger partial charge in [-0.25, -0.2) is 14.2 Å². The standard InChI is InChI=1S/C17H18F4N4O/c1-11-22-4-5-25(11)10-16(2-3-16)9-23-15(26)24-14-7-12(17(19,20)21)6-13(18)8-14/h4-8H,2-3,9-10H2,1H3,(H2,23,24,26). The van der Waals surface area contributed by atoms with Gasteiger partial charge in [-0.05, 0) is 38.0 Å². The van der Waals surface area contributed by atoms with E-state index in [-0.39, 0.29) is 11.1 Å². The smallest absolute Gasteiger partial charge is 0.337 e. The first-order chi connectivity index (χ1) is 12.2. The Balaban J connectivity index is 1.58. The van der Waals surface area contributed by atoms with E-state index in [1.54, 1.807) is 6.20 Å². The van der Waals surface area contributed by atoms with Crippen molar-refractivity contribution in [2.45, 2.75) is 32.5 Å². The Morgan fingerprint density at radius 3 is 2.62 bits per heavy atom. The minimum atomic E-state index is -4.68. The maximum atomic E-state index is 13.4. The van der Waals surface area contributed by atoms with Crippen LogP contribution in [0.2, 0.25) is 0 Å². The van der Waals surface area contributed by atoms with Gasteiger partial charge in [0.25, 0.3) is 0 Å². The molecule has 1 saturated carbocycles. The normalized spacial score (nSPS) is 15.6. The maximum Gasteiger partial charge on any atom is 0.416 e. The summed E-state index contributed by atoms with van der Waals surface area (Å²) in [5.74, 6) is -0.190. The van der Waals surface area contributed by atoms with Gasteiger partial charge in [0.1, 0.15) is 11.6 Å². The SMILES string of the molecule is Cc1nccn1CC1(CNC(=O)Nc2cc(F)cc(C(F)(F)F)c2)CC1. The van der Waals surface area contributed by atoms with Crippen LogP contribution in [-0.2, 0) is 12.7 Å². The Kier molecular flexibility index (Phi) is 4.64. The van der Waals surface area contributed by atoms with Crippen molar-refractivity contribution in [1.29, 1.82) is 0 Å². The summed E-state index contributed by atoms with van der Waals surface area (Å²) in [4.78, 5) is 16.1. The van der Waals surface area contributed by atoms with Gasteiger partial charge >= 0.3 is 12.2 Å². The second-order valence-corrected chi connectivity index (χ2v) is 6.64. The van der Waals surface area contributed by atoms with E-state index in [2.05, 4.69) is 15.6 Å². The highest BCUT2D eigenvalue weighted by Crippen LogP contribution is 2.46. The molecule has 26 heavy (non-hydrogen) atoms. The van der Waals surface area contributed by atoms with E-state index in [1.165, 1.54) is 0 Å². The van der Waals surface area contributed by atoms with Gasteiger partial charge in [-0.2, -0.15) is 13.2 Å². The molecule has 2 aromatic rings. The Hall–Kier alpha value is -2.58. The van der Waals surface area contributed by atoms with E-state index < -0.39 is 23.6 Å². The molecule has 1 heterocycles. The number of amides is 2. The number of halogens is 4. The van der Waals surface area contributed by atoms with Gasteiger partial charge in [-0.3, -0.25) is 0 Å². The number of urea groups is 1. The average molecular weight is 370 g/mol. The fourth-order valence-corrected chi connectivity index (χ4v) is 2.77. The number of rotatable bonds is 5. The number of carbonyl (C=O) groups is 1. The van der Waals surface area contributed by atoms with Gasteiger partial charge in [0.2, 0.25) is 0 Å². The fraction of sp³-hybridized carbons (Fsp3) is 0.412. The van der Waals surface area contributed by atoms with Crippen LogP contribution in [0.1, 0.15) is 24.2 Å². The van der Waals surface area contributed by atoms with E-state index in [0.29, 0.717) is 25.2 Å². The van der Waals surface area contributed by atoms with Crippen LogP contribution in [0.3, 0.4) is 0 Å². The van der Waals surface area contributed by atoms with Crippen LogP contribution in [-0.4, -0.2) is 22.1 Å². The van der Waals surface area contributed by atoms with E-state index in [4.69, 9.17) is 0 Å². The molecule has 9 heteroatoms. The number of nitrogens with zero attached hydrogens (tertiary/aromatic N) is 2. The van der Waals surface area contributed by atoms with E-state index in [0.717, 1.165) is 24.7 Å². The summed E-state index contributed by atoms with van der Waals surface area (Å²) in [6.07, 6.45) is 0.747. The minimum Gasteiger partial charge on any atom is -0.337 e. The number of benzene rings is 1. The minimum absolute atomic E-state index is 0.0815. The molecule has 0 spiro atoms. The van der Waals surface area contributed by atoms with Gasteiger partial charge in [0.15, 0.2) is 0 Å². The molecule has 3 rings (SSSR count). The molecule has 1 aromatic heterocycles. The topological polar surface area (TPSA) is 59.0 Å². The Labute approximate surface area is 147 Å².